The Balaban J connectivity index is 0.00000361. The van der Waals surface area contributed by atoms with E-state index >= 15 is 0 Å². The Morgan fingerprint density at radius 2 is 1.75 bits per heavy atom. The second kappa shape index (κ2) is 7.59. The lowest BCUT2D eigenvalue weighted by Crippen LogP contribution is -2.24. The van der Waals surface area contributed by atoms with E-state index in [4.69, 9.17) is 5.73 Å². The largest absolute Gasteiger partial charge is 0.397 e. The Morgan fingerprint density at radius 3 is 2.15 bits per heavy atom. The summed E-state index contributed by atoms with van der Waals surface area (Å²) in [4.78, 5) is 2.19. The van der Waals surface area contributed by atoms with Gasteiger partial charge in [-0.15, -0.1) is 12.4 Å². The number of anilines is 3. The van der Waals surface area contributed by atoms with Crippen LogP contribution < -0.4 is 15.4 Å². The zero-order valence-electron chi connectivity index (χ0n) is 12.4. The molecule has 0 amide bonds. The molecule has 3 N–H and O–H groups in total. The van der Waals surface area contributed by atoms with E-state index in [1.54, 1.807) is 6.07 Å². The van der Waals surface area contributed by atoms with E-state index in [1.165, 1.54) is 0 Å². The van der Waals surface area contributed by atoms with Crippen LogP contribution in [0.4, 0.5) is 17.1 Å². The van der Waals surface area contributed by atoms with Gasteiger partial charge in [0.05, 0.1) is 17.6 Å². The van der Waals surface area contributed by atoms with E-state index in [2.05, 4.69) is 23.5 Å². The predicted molar refractivity (Wildman–Crippen MR) is 89.5 cm³/mol. The van der Waals surface area contributed by atoms with Crippen LogP contribution in [0.1, 0.15) is 26.3 Å². The molecule has 0 radical (unpaired) electrons. The summed E-state index contributed by atoms with van der Waals surface area (Å²) in [5, 5.41) is 0. The van der Waals surface area contributed by atoms with Crippen LogP contribution >= 0.6 is 12.4 Å². The summed E-state index contributed by atoms with van der Waals surface area (Å²) in [6.07, 6.45) is 1.85. The number of hydrogen-bond donors (Lipinski definition) is 2. The Morgan fingerprint density at radius 1 is 1.20 bits per heavy atom. The highest BCUT2D eigenvalue weighted by Crippen LogP contribution is 2.33. The Bertz CT molecular complexity index is 543. The fourth-order valence-electron chi connectivity index (χ4n) is 2.18. The van der Waals surface area contributed by atoms with Gasteiger partial charge in [-0.05, 0) is 32.4 Å². The van der Waals surface area contributed by atoms with Crippen molar-refractivity contribution >= 4 is 39.5 Å². The lowest BCUT2D eigenvalue weighted by atomic mass is 10.1. The predicted octanol–water partition coefficient (Wildman–Crippen LogP) is 2.47. The number of hydrogen-bond acceptors (Lipinski definition) is 4. The monoisotopic (exact) mass is 321 g/mol. The van der Waals surface area contributed by atoms with Crippen LogP contribution in [0.25, 0.3) is 0 Å². The zero-order valence-corrected chi connectivity index (χ0v) is 14.1. The van der Waals surface area contributed by atoms with Crippen LogP contribution in [0.2, 0.25) is 0 Å². The number of nitrogens with zero attached hydrogens (tertiary/aromatic N) is 1. The van der Waals surface area contributed by atoms with E-state index < -0.39 is 10.0 Å². The molecule has 116 valence electrons. The van der Waals surface area contributed by atoms with Gasteiger partial charge in [0.15, 0.2) is 0 Å². The molecule has 0 aliphatic carbocycles. The molecule has 1 aromatic rings. The Hall–Kier alpha value is -1.14. The van der Waals surface area contributed by atoms with Crippen molar-refractivity contribution in [3.63, 3.8) is 0 Å². The minimum atomic E-state index is -3.34. The van der Waals surface area contributed by atoms with Gasteiger partial charge < -0.3 is 10.6 Å². The smallest absolute Gasteiger partial charge is 0.229 e. The molecular weight excluding hydrogens is 298 g/mol. The second-order valence-corrected chi connectivity index (χ2v) is 6.18. The number of nitrogen functional groups attached to an aromatic ring is 1. The van der Waals surface area contributed by atoms with Crippen molar-refractivity contribution in [1.29, 1.82) is 0 Å². The van der Waals surface area contributed by atoms with Crippen molar-refractivity contribution in [2.45, 2.75) is 27.2 Å². The molecule has 0 spiro atoms. The molecule has 0 atom stereocenters. The molecule has 1 rings (SSSR count). The molecule has 0 aliphatic rings. The summed E-state index contributed by atoms with van der Waals surface area (Å²) in [5.41, 5.74) is 8.85. The van der Waals surface area contributed by atoms with Crippen molar-refractivity contribution in [2.24, 2.45) is 0 Å². The number of nitrogens with one attached hydrogen (secondary N) is 1. The van der Waals surface area contributed by atoms with Crippen molar-refractivity contribution in [3.05, 3.63) is 17.7 Å². The quantitative estimate of drug-likeness (QED) is 0.789. The molecular formula is C13H24ClN3O2S. The lowest BCUT2D eigenvalue weighted by Gasteiger charge is -2.26. The molecule has 0 aliphatic heterocycles. The molecule has 20 heavy (non-hydrogen) atoms. The van der Waals surface area contributed by atoms with E-state index in [0.717, 1.165) is 30.6 Å². The number of benzene rings is 1. The summed E-state index contributed by atoms with van der Waals surface area (Å²) in [6, 6.07) is 3.70. The molecule has 0 bridgehead atoms. The fourth-order valence-corrected chi connectivity index (χ4v) is 2.79. The van der Waals surface area contributed by atoms with Gasteiger partial charge in [-0.2, -0.15) is 0 Å². The van der Waals surface area contributed by atoms with E-state index in [9.17, 15) is 8.42 Å². The topological polar surface area (TPSA) is 75.4 Å². The maximum Gasteiger partial charge on any atom is 0.229 e. The maximum atomic E-state index is 11.5. The lowest BCUT2D eigenvalue weighted by molar-refractivity contribution is 0.606. The zero-order chi connectivity index (χ0) is 14.6. The third-order valence-corrected chi connectivity index (χ3v) is 3.64. The summed E-state index contributed by atoms with van der Waals surface area (Å²) in [6.45, 7) is 7.87. The third-order valence-electron chi connectivity index (χ3n) is 3.07. The normalized spacial score (nSPS) is 10.8. The van der Waals surface area contributed by atoms with Crippen LogP contribution in [-0.4, -0.2) is 27.8 Å². The highest BCUT2D eigenvalue weighted by atomic mass is 35.5. The van der Waals surface area contributed by atoms with Gasteiger partial charge in [0.25, 0.3) is 0 Å². The second-order valence-electron chi connectivity index (χ2n) is 4.43. The van der Waals surface area contributed by atoms with Crippen molar-refractivity contribution < 1.29 is 8.42 Å². The van der Waals surface area contributed by atoms with Crippen molar-refractivity contribution in [2.75, 3.05) is 34.7 Å². The summed E-state index contributed by atoms with van der Waals surface area (Å²) in [5.74, 6) is 0. The minimum absolute atomic E-state index is 0. The van der Waals surface area contributed by atoms with E-state index in [1.807, 2.05) is 13.0 Å². The highest BCUT2D eigenvalue weighted by Gasteiger charge is 2.16. The van der Waals surface area contributed by atoms with E-state index in [-0.39, 0.29) is 12.4 Å². The molecule has 0 aromatic heterocycles. The molecule has 5 nitrogen and oxygen atoms in total. The highest BCUT2D eigenvalue weighted by molar-refractivity contribution is 7.92. The number of halogens is 1. The van der Waals surface area contributed by atoms with Gasteiger partial charge >= 0.3 is 0 Å². The van der Waals surface area contributed by atoms with Gasteiger partial charge in [0.1, 0.15) is 0 Å². The molecule has 7 heteroatoms. The molecule has 1 aromatic carbocycles. The molecule has 0 fully saturated rings. The average molecular weight is 322 g/mol. The molecule has 0 unspecified atom stereocenters. The molecule has 0 saturated heterocycles. The SMILES string of the molecule is CCc1c(N(CC)CC)ccc(N)c1NS(C)(=O)=O.Cl. The van der Waals surface area contributed by atoms with Crippen molar-refractivity contribution in [1.82, 2.24) is 0 Å². The maximum absolute atomic E-state index is 11.5. The first-order chi connectivity index (χ1) is 8.84. The van der Waals surface area contributed by atoms with Gasteiger partial charge in [-0.1, -0.05) is 6.92 Å². The summed E-state index contributed by atoms with van der Waals surface area (Å²) < 4.78 is 25.5. The first-order valence-corrected chi connectivity index (χ1v) is 8.37. The first kappa shape index (κ1) is 18.9. The van der Waals surface area contributed by atoms with Crippen LogP contribution in [0, 0.1) is 0 Å². The average Bonchev–Trinajstić information content (AvgIpc) is 2.33. The number of sulfonamides is 1. The van der Waals surface area contributed by atoms with Crippen LogP contribution in [0.5, 0.6) is 0 Å². The number of nitrogens with two attached hydrogens (primary N) is 1. The van der Waals surface area contributed by atoms with Gasteiger partial charge in [-0.25, -0.2) is 8.42 Å². The fraction of sp³-hybridized carbons (Fsp3) is 0.538. The van der Waals surface area contributed by atoms with Crippen LogP contribution in [-0.2, 0) is 16.4 Å². The van der Waals surface area contributed by atoms with Crippen molar-refractivity contribution in [3.8, 4) is 0 Å². The minimum Gasteiger partial charge on any atom is -0.397 e. The first-order valence-electron chi connectivity index (χ1n) is 6.48. The number of rotatable bonds is 6. The molecule has 0 heterocycles. The van der Waals surface area contributed by atoms with Gasteiger partial charge in [0.2, 0.25) is 10.0 Å². The molecule has 0 saturated carbocycles. The van der Waals surface area contributed by atoms with Crippen LogP contribution in [0.3, 0.4) is 0 Å². The van der Waals surface area contributed by atoms with Gasteiger partial charge in [0, 0.05) is 24.3 Å². The Kier molecular flexibility index (Phi) is 7.16. The van der Waals surface area contributed by atoms with Gasteiger partial charge in [-0.3, -0.25) is 4.72 Å². The van der Waals surface area contributed by atoms with Crippen LogP contribution in [0.15, 0.2) is 12.1 Å². The van der Waals surface area contributed by atoms with E-state index in [0.29, 0.717) is 17.8 Å². The standard InChI is InChI=1S/C13H23N3O2S.ClH/c1-5-10-12(16(6-2)7-3)9-8-11(14)13(10)15-19(4,17)18;/h8-9,15H,5-7,14H2,1-4H3;1H. The summed E-state index contributed by atoms with van der Waals surface area (Å²) in [7, 11) is -3.34. The third kappa shape index (κ3) is 4.45. The summed E-state index contributed by atoms with van der Waals surface area (Å²) >= 11 is 0. The Labute approximate surface area is 128 Å².